The van der Waals surface area contributed by atoms with Gasteiger partial charge in [-0.2, -0.15) is 10.2 Å². The van der Waals surface area contributed by atoms with Gasteiger partial charge in [-0.05, 0) is 12.1 Å². The van der Waals surface area contributed by atoms with Crippen molar-refractivity contribution in [2.24, 2.45) is 0 Å². The lowest BCUT2D eigenvalue weighted by Crippen LogP contribution is -1.87. The van der Waals surface area contributed by atoms with E-state index in [-0.39, 0.29) is 11.6 Å². The Balaban J connectivity index is 2.54. The Bertz CT molecular complexity index is 570. The van der Waals surface area contributed by atoms with E-state index in [0.717, 1.165) is 0 Å². The molecule has 0 saturated carbocycles. The van der Waals surface area contributed by atoms with E-state index >= 15 is 0 Å². The van der Waals surface area contributed by atoms with Crippen LogP contribution in [0.25, 0.3) is 11.5 Å². The van der Waals surface area contributed by atoms with Crippen molar-refractivity contribution in [1.29, 1.82) is 5.26 Å². The fourth-order valence-electron chi connectivity index (χ4n) is 1.12. The number of nitriles is 1. The van der Waals surface area contributed by atoms with Gasteiger partial charge in [-0.25, -0.2) is 0 Å². The highest BCUT2D eigenvalue weighted by atomic mass is 16.6. The van der Waals surface area contributed by atoms with Gasteiger partial charge in [-0.3, -0.25) is 15.1 Å². The average molecular weight is 216 g/mol. The molecule has 2 heterocycles. The monoisotopic (exact) mass is 216 g/mol. The Morgan fingerprint density at radius 3 is 2.88 bits per heavy atom. The number of pyridine rings is 1. The minimum atomic E-state index is -0.786. The molecular weight excluding hydrogens is 212 g/mol. The van der Waals surface area contributed by atoms with Crippen LogP contribution in [0.3, 0.4) is 0 Å². The lowest BCUT2D eigenvalue weighted by molar-refractivity contribution is -0.402. The first kappa shape index (κ1) is 9.79. The molecule has 2 rings (SSSR count). The number of hydrogen-bond donors (Lipinski definition) is 0. The topological polar surface area (TPSA) is 106 Å². The molecule has 2 aromatic rings. The van der Waals surface area contributed by atoms with Gasteiger partial charge in [0.05, 0.1) is 5.56 Å². The summed E-state index contributed by atoms with van der Waals surface area (Å²) in [5.74, 6) is -0.641. The normalized spacial score (nSPS) is 9.69. The first-order valence-electron chi connectivity index (χ1n) is 4.18. The maximum absolute atomic E-state index is 10.5. The van der Waals surface area contributed by atoms with E-state index in [2.05, 4.69) is 9.97 Å². The van der Waals surface area contributed by atoms with Crippen LogP contribution in [0, 0.1) is 21.4 Å². The van der Waals surface area contributed by atoms with Gasteiger partial charge in [0.2, 0.25) is 5.89 Å². The first-order valence-corrected chi connectivity index (χ1v) is 4.18. The van der Waals surface area contributed by atoms with Crippen LogP contribution in [0.5, 0.6) is 0 Å². The van der Waals surface area contributed by atoms with Gasteiger partial charge in [0.1, 0.15) is 11.0 Å². The second-order valence-corrected chi connectivity index (χ2v) is 2.78. The minimum absolute atomic E-state index is 0.0105. The minimum Gasteiger partial charge on any atom is -0.379 e. The molecule has 0 aliphatic rings. The lowest BCUT2D eigenvalue weighted by atomic mass is 10.3. The third-order valence-corrected chi connectivity index (χ3v) is 1.79. The molecule has 0 spiro atoms. The maximum atomic E-state index is 10.5. The molecule has 0 atom stereocenters. The van der Waals surface area contributed by atoms with Crippen molar-refractivity contribution < 1.29 is 9.34 Å². The van der Waals surface area contributed by atoms with Crippen molar-refractivity contribution in [2.45, 2.75) is 0 Å². The summed E-state index contributed by atoms with van der Waals surface area (Å²) in [5.41, 5.74) is 0.135. The van der Waals surface area contributed by atoms with Gasteiger partial charge in [-0.1, -0.05) is 0 Å². The zero-order chi connectivity index (χ0) is 11.5. The Labute approximate surface area is 89.1 Å². The number of oxazole rings is 1. The van der Waals surface area contributed by atoms with Gasteiger partial charge in [0, 0.05) is 12.4 Å². The molecule has 0 aliphatic carbocycles. The molecule has 2 aromatic heterocycles. The Morgan fingerprint density at radius 2 is 2.38 bits per heavy atom. The van der Waals surface area contributed by atoms with Crippen LogP contribution in [-0.4, -0.2) is 14.9 Å². The second kappa shape index (κ2) is 3.78. The summed E-state index contributed by atoms with van der Waals surface area (Å²) in [5, 5.41) is 19.2. The summed E-state index contributed by atoms with van der Waals surface area (Å²) in [6.07, 6.45) is 2.99. The highest BCUT2D eigenvalue weighted by molar-refractivity contribution is 5.54. The molecule has 7 heteroatoms. The molecule has 0 aliphatic heterocycles. The van der Waals surface area contributed by atoms with E-state index in [9.17, 15) is 10.1 Å². The maximum Gasteiger partial charge on any atom is 0.471 e. The van der Waals surface area contributed by atoms with E-state index in [1.807, 2.05) is 0 Å². The van der Waals surface area contributed by atoms with Gasteiger partial charge < -0.3 is 4.42 Å². The zero-order valence-electron chi connectivity index (χ0n) is 7.82. The SMILES string of the molecule is N#Cc1nc(-c2cccnc2)oc1[N+](=O)[O-]. The molecule has 0 fully saturated rings. The molecule has 0 N–H and O–H groups in total. The summed E-state index contributed by atoms with van der Waals surface area (Å²) in [7, 11) is 0. The van der Waals surface area contributed by atoms with Crippen molar-refractivity contribution >= 4 is 5.88 Å². The van der Waals surface area contributed by atoms with Crippen molar-refractivity contribution in [1.82, 2.24) is 9.97 Å². The fourth-order valence-corrected chi connectivity index (χ4v) is 1.12. The number of aromatic nitrogens is 2. The van der Waals surface area contributed by atoms with Crippen LogP contribution in [0.15, 0.2) is 28.9 Å². The van der Waals surface area contributed by atoms with Crippen molar-refractivity contribution in [3.8, 4) is 17.5 Å². The molecular formula is C9H4N4O3. The summed E-state index contributed by atoms with van der Waals surface area (Å²) < 4.78 is 4.88. The van der Waals surface area contributed by atoms with Crippen molar-refractivity contribution in [3.63, 3.8) is 0 Å². The summed E-state index contributed by atoms with van der Waals surface area (Å²) in [6, 6.07) is 4.87. The van der Waals surface area contributed by atoms with E-state index in [0.29, 0.717) is 5.56 Å². The third-order valence-electron chi connectivity index (χ3n) is 1.79. The highest BCUT2D eigenvalue weighted by Gasteiger charge is 2.24. The van der Waals surface area contributed by atoms with Gasteiger partial charge in [-0.15, -0.1) is 0 Å². The van der Waals surface area contributed by atoms with Crippen LogP contribution in [0.2, 0.25) is 0 Å². The molecule has 78 valence electrons. The molecule has 0 amide bonds. The number of nitro groups is 1. The van der Waals surface area contributed by atoms with Crippen LogP contribution in [0.4, 0.5) is 5.88 Å². The lowest BCUT2D eigenvalue weighted by Gasteiger charge is -1.90. The molecule has 0 bridgehead atoms. The number of nitrogens with zero attached hydrogens (tertiary/aromatic N) is 4. The van der Waals surface area contributed by atoms with Gasteiger partial charge >= 0.3 is 5.88 Å². The predicted octanol–water partition coefficient (Wildman–Crippen LogP) is 1.52. The molecule has 0 aromatic carbocycles. The van der Waals surface area contributed by atoms with Crippen molar-refractivity contribution in [3.05, 3.63) is 40.3 Å². The van der Waals surface area contributed by atoms with Crippen LogP contribution in [0.1, 0.15) is 5.69 Å². The molecule has 0 saturated heterocycles. The quantitative estimate of drug-likeness (QED) is 0.556. The Hall–Kier alpha value is -2.75. The second-order valence-electron chi connectivity index (χ2n) is 2.78. The van der Waals surface area contributed by atoms with E-state index in [4.69, 9.17) is 9.68 Å². The molecule has 16 heavy (non-hydrogen) atoms. The molecule has 7 nitrogen and oxygen atoms in total. The Kier molecular flexibility index (Phi) is 2.31. The average Bonchev–Trinajstić information content (AvgIpc) is 2.74. The summed E-state index contributed by atoms with van der Waals surface area (Å²) >= 11 is 0. The standard InChI is InChI=1S/C9H4N4O3/c10-4-7-9(13(14)15)16-8(12-7)6-2-1-3-11-5-6/h1-3,5H. The number of hydrogen-bond acceptors (Lipinski definition) is 6. The molecule has 0 unspecified atom stereocenters. The van der Waals surface area contributed by atoms with Gasteiger partial charge in [0.15, 0.2) is 0 Å². The predicted molar refractivity (Wildman–Crippen MR) is 51.1 cm³/mol. The van der Waals surface area contributed by atoms with Crippen LogP contribution in [-0.2, 0) is 0 Å². The summed E-state index contributed by atoms with van der Waals surface area (Å²) in [6.45, 7) is 0. The van der Waals surface area contributed by atoms with E-state index in [1.165, 1.54) is 6.20 Å². The van der Waals surface area contributed by atoms with E-state index in [1.54, 1.807) is 24.4 Å². The third kappa shape index (κ3) is 1.59. The fraction of sp³-hybridized carbons (Fsp3) is 0. The first-order chi connectivity index (χ1) is 7.72. The largest absolute Gasteiger partial charge is 0.471 e. The molecule has 0 radical (unpaired) electrons. The van der Waals surface area contributed by atoms with Crippen LogP contribution >= 0.6 is 0 Å². The van der Waals surface area contributed by atoms with Crippen LogP contribution < -0.4 is 0 Å². The number of rotatable bonds is 2. The van der Waals surface area contributed by atoms with Gasteiger partial charge in [0.25, 0.3) is 5.69 Å². The Morgan fingerprint density at radius 1 is 1.56 bits per heavy atom. The summed E-state index contributed by atoms with van der Waals surface area (Å²) in [4.78, 5) is 17.3. The zero-order valence-corrected chi connectivity index (χ0v) is 7.82. The smallest absolute Gasteiger partial charge is 0.379 e. The highest BCUT2D eigenvalue weighted by Crippen LogP contribution is 2.25. The van der Waals surface area contributed by atoms with Crippen molar-refractivity contribution in [2.75, 3.05) is 0 Å². The van der Waals surface area contributed by atoms with E-state index < -0.39 is 10.8 Å².